The van der Waals surface area contributed by atoms with E-state index in [0.717, 1.165) is 5.56 Å². The van der Waals surface area contributed by atoms with Gasteiger partial charge in [0.05, 0.1) is 21.3 Å². The monoisotopic (exact) mass is 403 g/mol. The summed E-state index contributed by atoms with van der Waals surface area (Å²) in [6.07, 6.45) is 0. The summed E-state index contributed by atoms with van der Waals surface area (Å²) < 4.78 is 15.7. The normalized spacial score (nSPS) is 9.86. The number of amides is 2. The minimum absolute atomic E-state index is 0.0497. The number of nitrogens with one attached hydrogen (secondary N) is 3. The Kier molecular flexibility index (Phi) is 7.16. The standard InChI is InChI=1S/C19H21N3O5S/c1-11-5-7-12(8-6-11)17(23)20-19(28)22-21-18(24)13-9-14(25-2)16(27-4)15(10-13)26-3/h5-10H,1-4H3,(H,21,24)(H2,20,22,23,28). The van der Waals surface area contributed by atoms with Crippen LogP contribution < -0.4 is 30.4 Å². The molecule has 2 aromatic rings. The van der Waals surface area contributed by atoms with Gasteiger partial charge in [0.15, 0.2) is 16.6 Å². The Morgan fingerprint density at radius 1 is 0.821 bits per heavy atom. The Labute approximate surface area is 168 Å². The zero-order valence-electron chi connectivity index (χ0n) is 15.9. The lowest BCUT2D eigenvalue weighted by Gasteiger charge is -2.15. The molecule has 0 saturated heterocycles. The quantitative estimate of drug-likeness (QED) is 0.519. The van der Waals surface area contributed by atoms with Gasteiger partial charge in [-0.15, -0.1) is 0 Å². The Hall–Kier alpha value is -3.33. The maximum atomic E-state index is 12.4. The Morgan fingerprint density at radius 3 is 1.89 bits per heavy atom. The van der Waals surface area contributed by atoms with Gasteiger partial charge in [-0.25, -0.2) is 0 Å². The van der Waals surface area contributed by atoms with E-state index >= 15 is 0 Å². The second-order valence-corrected chi connectivity index (χ2v) is 6.05. The summed E-state index contributed by atoms with van der Waals surface area (Å²) in [7, 11) is 4.37. The molecule has 0 radical (unpaired) electrons. The van der Waals surface area contributed by atoms with Crippen molar-refractivity contribution in [2.24, 2.45) is 0 Å². The van der Waals surface area contributed by atoms with E-state index in [1.807, 2.05) is 19.1 Å². The fraction of sp³-hybridized carbons (Fsp3) is 0.211. The molecule has 28 heavy (non-hydrogen) atoms. The predicted molar refractivity (Wildman–Crippen MR) is 108 cm³/mol. The second-order valence-electron chi connectivity index (χ2n) is 5.64. The van der Waals surface area contributed by atoms with Gasteiger partial charge in [0.25, 0.3) is 11.8 Å². The number of aryl methyl sites for hydroxylation is 1. The van der Waals surface area contributed by atoms with Crippen LogP contribution in [0.15, 0.2) is 36.4 Å². The van der Waals surface area contributed by atoms with Gasteiger partial charge in [0.2, 0.25) is 5.75 Å². The van der Waals surface area contributed by atoms with Gasteiger partial charge in [-0.1, -0.05) is 17.7 Å². The highest BCUT2D eigenvalue weighted by molar-refractivity contribution is 7.80. The summed E-state index contributed by atoms with van der Waals surface area (Å²) in [5, 5.41) is 2.43. The molecule has 0 saturated carbocycles. The van der Waals surface area contributed by atoms with Crippen molar-refractivity contribution in [2.45, 2.75) is 6.92 Å². The maximum absolute atomic E-state index is 12.4. The van der Waals surface area contributed by atoms with E-state index in [-0.39, 0.29) is 16.6 Å². The van der Waals surface area contributed by atoms with Gasteiger partial charge in [-0.05, 0) is 43.4 Å². The highest BCUT2D eigenvalue weighted by atomic mass is 32.1. The van der Waals surface area contributed by atoms with Crippen LogP contribution >= 0.6 is 12.2 Å². The van der Waals surface area contributed by atoms with Crippen molar-refractivity contribution in [3.8, 4) is 17.2 Å². The molecule has 148 valence electrons. The molecule has 0 spiro atoms. The zero-order chi connectivity index (χ0) is 20.7. The second kappa shape index (κ2) is 9.56. The molecule has 2 rings (SSSR count). The van der Waals surface area contributed by atoms with Crippen LogP contribution in [0.5, 0.6) is 17.2 Å². The minimum atomic E-state index is -0.508. The predicted octanol–water partition coefficient (Wildman–Crippen LogP) is 1.97. The third kappa shape index (κ3) is 5.10. The number of rotatable bonds is 5. The molecule has 0 aliphatic rings. The lowest BCUT2D eigenvalue weighted by atomic mass is 10.1. The molecule has 2 amide bonds. The molecule has 8 nitrogen and oxygen atoms in total. The highest BCUT2D eigenvalue weighted by Crippen LogP contribution is 2.38. The zero-order valence-corrected chi connectivity index (χ0v) is 16.7. The molecule has 3 N–H and O–H groups in total. The van der Waals surface area contributed by atoms with Crippen molar-refractivity contribution in [1.29, 1.82) is 0 Å². The number of hydrogen-bond donors (Lipinski definition) is 3. The molecule has 0 fully saturated rings. The molecular weight excluding hydrogens is 382 g/mol. The average molecular weight is 403 g/mol. The van der Waals surface area contributed by atoms with Crippen LogP contribution in [-0.4, -0.2) is 38.3 Å². The van der Waals surface area contributed by atoms with E-state index in [9.17, 15) is 9.59 Å². The summed E-state index contributed by atoms with van der Waals surface area (Å²) in [5.41, 5.74) is 6.62. The van der Waals surface area contributed by atoms with Crippen LogP contribution in [0.2, 0.25) is 0 Å². The summed E-state index contributed by atoms with van der Waals surface area (Å²) in [4.78, 5) is 24.5. The van der Waals surface area contributed by atoms with E-state index in [0.29, 0.717) is 22.8 Å². The minimum Gasteiger partial charge on any atom is -0.493 e. The first-order valence-corrected chi connectivity index (χ1v) is 8.58. The molecule has 9 heteroatoms. The molecule has 0 aliphatic heterocycles. The lowest BCUT2D eigenvalue weighted by Crippen LogP contribution is -2.48. The van der Waals surface area contributed by atoms with Crippen molar-refractivity contribution in [2.75, 3.05) is 21.3 Å². The lowest BCUT2D eigenvalue weighted by molar-refractivity contribution is 0.0934. The van der Waals surface area contributed by atoms with Crippen LogP contribution in [0.1, 0.15) is 26.3 Å². The van der Waals surface area contributed by atoms with Crippen LogP contribution in [-0.2, 0) is 0 Å². The fourth-order valence-electron chi connectivity index (χ4n) is 2.31. The average Bonchev–Trinajstić information content (AvgIpc) is 2.71. The van der Waals surface area contributed by atoms with Gasteiger partial charge in [0.1, 0.15) is 0 Å². The van der Waals surface area contributed by atoms with Crippen molar-refractivity contribution >= 4 is 29.1 Å². The number of carbonyl (C=O) groups excluding carboxylic acids is 2. The summed E-state index contributed by atoms with van der Waals surface area (Å²) in [5.74, 6) is 0.144. The molecule has 0 aromatic heterocycles. The topological polar surface area (TPSA) is 97.9 Å². The van der Waals surface area contributed by atoms with E-state index in [1.165, 1.54) is 33.5 Å². The molecule has 0 heterocycles. The Balaban J connectivity index is 2.00. The number of ether oxygens (including phenoxy) is 3. The van der Waals surface area contributed by atoms with Crippen molar-refractivity contribution < 1.29 is 23.8 Å². The summed E-state index contributed by atoms with van der Waals surface area (Å²) in [6.45, 7) is 1.92. The Morgan fingerprint density at radius 2 is 1.39 bits per heavy atom. The van der Waals surface area contributed by atoms with Crippen molar-refractivity contribution in [3.05, 3.63) is 53.1 Å². The van der Waals surface area contributed by atoms with Crippen molar-refractivity contribution in [3.63, 3.8) is 0 Å². The molecule has 0 unspecified atom stereocenters. The first-order valence-electron chi connectivity index (χ1n) is 8.18. The third-order valence-corrected chi connectivity index (χ3v) is 3.96. The van der Waals surface area contributed by atoms with Crippen LogP contribution in [0.25, 0.3) is 0 Å². The van der Waals surface area contributed by atoms with Crippen LogP contribution in [0.3, 0.4) is 0 Å². The summed E-state index contributed by atoms with van der Waals surface area (Å²) >= 11 is 5.03. The molecule has 0 atom stereocenters. The van der Waals surface area contributed by atoms with Gasteiger partial charge in [0, 0.05) is 11.1 Å². The van der Waals surface area contributed by atoms with E-state index < -0.39 is 5.91 Å². The fourth-order valence-corrected chi connectivity index (χ4v) is 2.45. The highest BCUT2D eigenvalue weighted by Gasteiger charge is 2.17. The Bertz CT molecular complexity index is 859. The number of carbonyl (C=O) groups is 2. The van der Waals surface area contributed by atoms with Crippen molar-refractivity contribution in [1.82, 2.24) is 16.2 Å². The first kappa shape index (κ1) is 21.0. The third-order valence-electron chi connectivity index (χ3n) is 3.76. The van der Waals surface area contributed by atoms with Gasteiger partial charge in [-0.2, -0.15) is 0 Å². The van der Waals surface area contributed by atoms with Crippen LogP contribution in [0, 0.1) is 6.92 Å². The maximum Gasteiger partial charge on any atom is 0.269 e. The number of hydrogen-bond acceptors (Lipinski definition) is 6. The smallest absolute Gasteiger partial charge is 0.269 e. The molecular formula is C19H21N3O5S. The van der Waals surface area contributed by atoms with Gasteiger partial charge < -0.3 is 14.2 Å². The van der Waals surface area contributed by atoms with Crippen LogP contribution in [0.4, 0.5) is 0 Å². The number of benzene rings is 2. The van der Waals surface area contributed by atoms with E-state index in [2.05, 4.69) is 16.2 Å². The largest absolute Gasteiger partial charge is 0.493 e. The number of hydrazine groups is 1. The number of thiocarbonyl (C=S) groups is 1. The summed E-state index contributed by atoms with van der Waals surface area (Å²) in [6, 6.07) is 9.98. The van der Waals surface area contributed by atoms with Gasteiger partial charge >= 0.3 is 0 Å². The van der Waals surface area contributed by atoms with Gasteiger partial charge in [-0.3, -0.25) is 25.8 Å². The first-order chi connectivity index (χ1) is 13.4. The van der Waals surface area contributed by atoms with E-state index in [1.54, 1.807) is 12.1 Å². The molecule has 0 aliphatic carbocycles. The van der Waals surface area contributed by atoms with E-state index in [4.69, 9.17) is 26.4 Å². The SMILES string of the molecule is COc1cc(C(=O)NNC(=S)NC(=O)c2ccc(C)cc2)cc(OC)c1OC. The molecule has 2 aromatic carbocycles. The number of methoxy groups -OCH3 is 3. The molecule has 0 bridgehead atoms.